The first-order chi connectivity index (χ1) is 8.64. The molecule has 112 valence electrons. The van der Waals surface area contributed by atoms with E-state index < -0.39 is 11.5 Å². The number of nitrogens with one attached hydrogen (secondary N) is 1. The summed E-state index contributed by atoms with van der Waals surface area (Å²) in [5, 5.41) is 11.6. The van der Waals surface area contributed by atoms with E-state index >= 15 is 0 Å². The van der Waals surface area contributed by atoms with Gasteiger partial charge in [0.2, 0.25) is 0 Å². The minimum Gasteiger partial charge on any atom is -0.480 e. The fourth-order valence-corrected chi connectivity index (χ4v) is 1.59. The van der Waals surface area contributed by atoms with E-state index in [1.807, 2.05) is 34.9 Å². The number of unbranched alkanes of at least 4 members (excludes halogenated alkanes) is 1. The first kappa shape index (κ1) is 17.7. The maximum atomic E-state index is 12.0. The molecule has 2 amide bonds. The fourth-order valence-electron chi connectivity index (χ4n) is 1.59. The number of amides is 2. The van der Waals surface area contributed by atoms with Gasteiger partial charge in [-0.3, -0.25) is 4.79 Å². The van der Waals surface area contributed by atoms with Crippen LogP contribution in [0.5, 0.6) is 0 Å². The van der Waals surface area contributed by atoms with E-state index in [1.54, 1.807) is 0 Å². The van der Waals surface area contributed by atoms with E-state index in [2.05, 4.69) is 10.2 Å². The van der Waals surface area contributed by atoms with E-state index in [-0.39, 0.29) is 12.6 Å². The van der Waals surface area contributed by atoms with Crippen molar-refractivity contribution in [3.05, 3.63) is 0 Å². The molecule has 0 saturated heterocycles. The van der Waals surface area contributed by atoms with Crippen LogP contribution in [0.2, 0.25) is 0 Å². The summed E-state index contributed by atoms with van der Waals surface area (Å²) < 4.78 is 0. The van der Waals surface area contributed by atoms with Crippen LogP contribution < -0.4 is 5.32 Å². The van der Waals surface area contributed by atoms with Crippen molar-refractivity contribution in [1.29, 1.82) is 0 Å². The monoisotopic (exact) mass is 273 g/mol. The molecule has 0 spiro atoms. The Balaban J connectivity index is 4.16. The van der Waals surface area contributed by atoms with Crippen LogP contribution in [0.4, 0.5) is 4.79 Å². The van der Waals surface area contributed by atoms with E-state index in [1.165, 1.54) is 4.90 Å². The van der Waals surface area contributed by atoms with Crippen LogP contribution in [0.3, 0.4) is 0 Å². The van der Waals surface area contributed by atoms with Gasteiger partial charge in [0.1, 0.15) is 6.54 Å². The maximum Gasteiger partial charge on any atom is 0.323 e. The Kier molecular flexibility index (Phi) is 7.44. The van der Waals surface area contributed by atoms with Crippen molar-refractivity contribution in [2.24, 2.45) is 0 Å². The molecule has 0 aromatic rings. The van der Waals surface area contributed by atoms with Crippen LogP contribution in [0.15, 0.2) is 0 Å². The number of urea groups is 1. The molecule has 2 N–H and O–H groups in total. The fraction of sp³-hybridized carbons (Fsp3) is 0.846. The Morgan fingerprint density at radius 1 is 1.16 bits per heavy atom. The molecule has 0 heterocycles. The van der Waals surface area contributed by atoms with Crippen LogP contribution in [-0.2, 0) is 4.79 Å². The number of rotatable bonds is 7. The lowest BCUT2D eigenvalue weighted by Crippen LogP contribution is -2.52. The summed E-state index contributed by atoms with van der Waals surface area (Å²) in [4.78, 5) is 26.2. The van der Waals surface area contributed by atoms with Gasteiger partial charge < -0.3 is 20.2 Å². The second-order valence-corrected chi connectivity index (χ2v) is 5.89. The summed E-state index contributed by atoms with van der Waals surface area (Å²) in [5.74, 6) is -1.00. The van der Waals surface area contributed by atoms with Crippen molar-refractivity contribution in [3.63, 3.8) is 0 Å². The molecule has 0 unspecified atom stereocenters. The summed E-state index contributed by atoms with van der Waals surface area (Å²) >= 11 is 0. The zero-order chi connectivity index (χ0) is 15.1. The van der Waals surface area contributed by atoms with Gasteiger partial charge >= 0.3 is 12.0 Å². The summed E-state index contributed by atoms with van der Waals surface area (Å²) in [6.45, 7) is 6.73. The molecule has 0 saturated carbocycles. The van der Waals surface area contributed by atoms with Gasteiger partial charge in [0.05, 0.1) is 0 Å². The van der Waals surface area contributed by atoms with Gasteiger partial charge in [0.25, 0.3) is 0 Å². The van der Waals surface area contributed by atoms with Crippen molar-refractivity contribution in [2.45, 2.75) is 39.2 Å². The summed E-state index contributed by atoms with van der Waals surface area (Å²) in [5.41, 5.74) is -0.508. The normalized spacial score (nSPS) is 11.5. The molecule has 0 atom stereocenters. The van der Waals surface area contributed by atoms with Gasteiger partial charge in [0.15, 0.2) is 0 Å². The highest BCUT2D eigenvalue weighted by Gasteiger charge is 2.27. The van der Waals surface area contributed by atoms with E-state index in [0.717, 1.165) is 19.4 Å². The first-order valence-electron chi connectivity index (χ1n) is 6.56. The molecule has 0 bridgehead atoms. The number of nitrogens with zero attached hydrogens (tertiary/aromatic N) is 2. The molecule has 0 aliphatic carbocycles. The second kappa shape index (κ2) is 7.99. The number of hydrogen-bond donors (Lipinski definition) is 2. The highest BCUT2D eigenvalue weighted by Crippen LogP contribution is 2.12. The lowest BCUT2D eigenvalue weighted by atomic mass is 10.1. The molecule has 0 radical (unpaired) electrons. The molecule has 19 heavy (non-hydrogen) atoms. The van der Waals surface area contributed by atoms with Gasteiger partial charge in [-0.2, -0.15) is 0 Å². The third-order valence-corrected chi connectivity index (χ3v) is 2.66. The molecule has 0 aromatic carbocycles. The van der Waals surface area contributed by atoms with Crippen molar-refractivity contribution >= 4 is 12.0 Å². The number of carbonyl (C=O) groups is 2. The van der Waals surface area contributed by atoms with Crippen molar-refractivity contribution in [3.8, 4) is 0 Å². The standard InChI is InChI=1S/C13H27N3O3/c1-13(2,3)16(10-11(17)18)12(19)14-8-6-7-9-15(4)5/h6-10H2,1-5H3,(H,14,19)(H,17,18). The molecule has 0 rings (SSSR count). The summed E-state index contributed by atoms with van der Waals surface area (Å²) in [6.07, 6.45) is 1.89. The van der Waals surface area contributed by atoms with Crippen LogP contribution in [0.25, 0.3) is 0 Å². The van der Waals surface area contributed by atoms with Crippen LogP contribution >= 0.6 is 0 Å². The van der Waals surface area contributed by atoms with Crippen LogP contribution in [-0.4, -0.2) is 66.2 Å². The minimum absolute atomic E-state index is 0.285. The SMILES string of the molecule is CN(C)CCCCNC(=O)N(CC(=O)O)C(C)(C)C. The maximum absolute atomic E-state index is 12.0. The smallest absolute Gasteiger partial charge is 0.323 e. The second-order valence-electron chi connectivity index (χ2n) is 5.89. The molecule has 0 aliphatic heterocycles. The first-order valence-corrected chi connectivity index (χ1v) is 6.56. The molecule has 6 nitrogen and oxygen atoms in total. The Labute approximate surface area is 115 Å². The molecule has 0 fully saturated rings. The van der Waals surface area contributed by atoms with Crippen molar-refractivity contribution < 1.29 is 14.7 Å². The quantitative estimate of drug-likeness (QED) is 0.684. The highest BCUT2D eigenvalue weighted by molar-refractivity contribution is 5.80. The Bertz CT molecular complexity index is 298. The summed E-state index contributed by atoms with van der Waals surface area (Å²) in [6, 6.07) is -0.320. The average Bonchev–Trinajstić information content (AvgIpc) is 2.23. The van der Waals surface area contributed by atoms with Crippen molar-refractivity contribution in [1.82, 2.24) is 15.1 Å². The van der Waals surface area contributed by atoms with Crippen molar-refractivity contribution in [2.75, 3.05) is 33.7 Å². The lowest BCUT2D eigenvalue weighted by Gasteiger charge is -2.34. The predicted molar refractivity (Wildman–Crippen MR) is 75.3 cm³/mol. The average molecular weight is 273 g/mol. The van der Waals surface area contributed by atoms with Gasteiger partial charge in [0, 0.05) is 12.1 Å². The molecular weight excluding hydrogens is 246 g/mol. The highest BCUT2D eigenvalue weighted by atomic mass is 16.4. The van der Waals surface area contributed by atoms with Crippen LogP contribution in [0, 0.1) is 0 Å². The van der Waals surface area contributed by atoms with E-state index in [0.29, 0.717) is 6.54 Å². The minimum atomic E-state index is -1.00. The van der Waals surface area contributed by atoms with E-state index in [9.17, 15) is 9.59 Å². The van der Waals surface area contributed by atoms with Gasteiger partial charge in [-0.15, -0.1) is 0 Å². The number of aliphatic carboxylic acids is 1. The topological polar surface area (TPSA) is 72.9 Å². The molecular formula is C13H27N3O3. The van der Waals surface area contributed by atoms with Gasteiger partial charge in [-0.25, -0.2) is 4.79 Å². The third kappa shape index (κ3) is 8.42. The molecule has 6 heteroatoms. The van der Waals surface area contributed by atoms with Gasteiger partial charge in [-0.05, 0) is 54.3 Å². The number of carboxylic acid groups (broad SMARTS) is 1. The lowest BCUT2D eigenvalue weighted by molar-refractivity contribution is -0.138. The largest absolute Gasteiger partial charge is 0.480 e. The molecule has 0 aromatic heterocycles. The van der Waals surface area contributed by atoms with Gasteiger partial charge in [-0.1, -0.05) is 0 Å². The predicted octanol–water partition coefficient (Wildman–Crippen LogP) is 1.22. The Morgan fingerprint density at radius 3 is 2.16 bits per heavy atom. The molecule has 0 aliphatic rings. The third-order valence-electron chi connectivity index (χ3n) is 2.66. The number of carbonyl (C=O) groups excluding carboxylic acids is 1. The van der Waals surface area contributed by atoms with E-state index in [4.69, 9.17) is 5.11 Å². The Hall–Kier alpha value is -1.30. The Morgan fingerprint density at radius 2 is 1.74 bits per heavy atom. The zero-order valence-corrected chi connectivity index (χ0v) is 12.7. The summed E-state index contributed by atoms with van der Waals surface area (Å²) in [7, 11) is 4.01. The number of hydrogen-bond acceptors (Lipinski definition) is 3. The number of carboxylic acids is 1. The zero-order valence-electron chi connectivity index (χ0n) is 12.7. The van der Waals surface area contributed by atoms with Crippen LogP contribution in [0.1, 0.15) is 33.6 Å².